The van der Waals surface area contributed by atoms with E-state index in [4.69, 9.17) is 9.84 Å². The van der Waals surface area contributed by atoms with Gasteiger partial charge in [-0.25, -0.2) is 4.68 Å². The van der Waals surface area contributed by atoms with Crippen LogP contribution in [0, 0.1) is 18.3 Å². The summed E-state index contributed by atoms with van der Waals surface area (Å²) in [6.07, 6.45) is 3.39. The van der Waals surface area contributed by atoms with Gasteiger partial charge in [-0.3, -0.25) is 4.79 Å². The predicted molar refractivity (Wildman–Crippen MR) is 153 cm³/mol. The third-order valence-electron chi connectivity index (χ3n) is 6.09. The number of hydrogen-bond donors (Lipinski definition) is 1. The molecule has 4 aromatic carbocycles. The Bertz CT molecular complexity index is 1650. The average molecular weight is 511 g/mol. The number of nitriles is 1. The maximum Gasteiger partial charge on any atom is 0.266 e. The van der Waals surface area contributed by atoms with Gasteiger partial charge in [0, 0.05) is 23.0 Å². The van der Waals surface area contributed by atoms with Gasteiger partial charge in [-0.2, -0.15) is 10.4 Å². The van der Waals surface area contributed by atoms with Crippen LogP contribution in [-0.2, 0) is 11.4 Å². The third kappa shape index (κ3) is 6.30. The molecule has 0 aliphatic carbocycles. The average Bonchev–Trinajstić information content (AvgIpc) is 3.41. The Kier molecular flexibility index (Phi) is 7.61. The second-order valence-electron chi connectivity index (χ2n) is 9.01. The van der Waals surface area contributed by atoms with E-state index in [-0.39, 0.29) is 5.57 Å². The zero-order chi connectivity index (χ0) is 27.0. The number of para-hydroxylation sites is 1. The zero-order valence-electron chi connectivity index (χ0n) is 21.4. The zero-order valence-corrected chi connectivity index (χ0v) is 21.4. The fourth-order valence-electron chi connectivity index (χ4n) is 4.04. The summed E-state index contributed by atoms with van der Waals surface area (Å²) >= 11 is 0. The Balaban J connectivity index is 1.49. The fourth-order valence-corrected chi connectivity index (χ4v) is 4.04. The van der Waals surface area contributed by atoms with Crippen molar-refractivity contribution in [1.82, 2.24) is 9.78 Å². The molecule has 1 heterocycles. The van der Waals surface area contributed by atoms with Crippen LogP contribution in [0.5, 0.6) is 5.75 Å². The summed E-state index contributed by atoms with van der Waals surface area (Å²) < 4.78 is 7.78. The van der Waals surface area contributed by atoms with Gasteiger partial charge in [0.05, 0.1) is 5.69 Å². The lowest BCUT2D eigenvalue weighted by molar-refractivity contribution is -0.112. The van der Waals surface area contributed by atoms with Gasteiger partial charge in [-0.15, -0.1) is 0 Å². The van der Waals surface area contributed by atoms with Gasteiger partial charge in [0.25, 0.3) is 5.91 Å². The van der Waals surface area contributed by atoms with Gasteiger partial charge >= 0.3 is 0 Å². The number of amides is 1. The molecule has 190 valence electrons. The van der Waals surface area contributed by atoms with Crippen LogP contribution < -0.4 is 10.1 Å². The first-order chi connectivity index (χ1) is 19.1. The molecular weight excluding hydrogens is 484 g/mol. The van der Waals surface area contributed by atoms with E-state index in [1.165, 1.54) is 0 Å². The smallest absolute Gasteiger partial charge is 0.266 e. The number of carbonyl (C=O) groups is 1. The minimum atomic E-state index is -0.486. The molecule has 6 heteroatoms. The van der Waals surface area contributed by atoms with Crippen molar-refractivity contribution in [3.8, 4) is 28.8 Å². The standard InChI is InChI=1S/C33H26N4O2/c1-24-15-17-29(18-16-24)35-33(38)27(21-34)19-28-22-37(30-12-6-3-7-13-30)36-32(28)26-11-8-14-31(20-26)39-23-25-9-4-2-5-10-25/h2-20,22H,23H2,1H3,(H,35,38)/b27-19-. The first-order valence-electron chi connectivity index (χ1n) is 12.5. The summed E-state index contributed by atoms with van der Waals surface area (Å²) in [7, 11) is 0. The summed E-state index contributed by atoms with van der Waals surface area (Å²) in [6.45, 7) is 2.41. The van der Waals surface area contributed by atoms with Crippen LogP contribution in [0.2, 0.25) is 0 Å². The highest BCUT2D eigenvalue weighted by Crippen LogP contribution is 2.29. The van der Waals surface area contributed by atoms with E-state index < -0.39 is 5.91 Å². The highest BCUT2D eigenvalue weighted by atomic mass is 16.5. The van der Waals surface area contributed by atoms with Crippen molar-refractivity contribution in [3.63, 3.8) is 0 Å². The van der Waals surface area contributed by atoms with Gasteiger partial charge < -0.3 is 10.1 Å². The van der Waals surface area contributed by atoms with Gasteiger partial charge in [0.1, 0.15) is 29.7 Å². The molecule has 0 aliphatic rings. The van der Waals surface area contributed by atoms with Crippen molar-refractivity contribution in [3.05, 3.63) is 138 Å². The molecule has 0 aliphatic heterocycles. The van der Waals surface area contributed by atoms with Crippen LogP contribution in [0.3, 0.4) is 0 Å². The molecule has 1 N–H and O–H groups in total. The molecule has 0 radical (unpaired) electrons. The largest absolute Gasteiger partial charge is 0.489 e. The van der Waals surface area contributed by atoms with Gasteiger partial charge in [0.2, 0.25) is 0 Å². The van der Waals surface area contributed by atoms with E-state index in [1.807, 2.05) is 128 Å². The van der Waals surface area contributed by atoms with Crippen molar-refractivity contribution in [1.29, 1.82) is 5.26 Å². The van der Waals surface area contributed by atoms with E-state index in [0.717, 1.165) is 22.4 Å². The van der Waals surface area contributed by atoms with Crippen molar-refractivity contribution in [2.45, 2.75) is 13.5 Å². The number of ether oxygens (including phenoxy) is 1. The third-order valence-corrected chi connectivity index (χ3v) is 6.09. The lowest BCUT2D eigenvalue weighted by atomic mass is 10.1. The van der Waals surface area contributed by atoms with Crippen LogP contribution in [0.15, 0.2) is 121 Å². The summed E-state index contributed by atoms with van der Waals surface area (Å²) in [5.41, 5.74) is 5.66. The Hall–Kier alpha value is -5.41. The van der Waals surface area contributed by atoms with E-state index in [0.29, 0.717) is 29.3 Å². The molecule has 0 unspecified atom stereocenters. The number of nitrogens with one attached hydrogen (secondary N) is 1. The second kappa shape index (κ2) is 11.8. The van der Waals surface area contributed by atoms with Gasteiger partial charge in [0.15, 0.2) is 0 Å². The summed E-state index contributed by atoms with van der Waals surface area (Å²) in [5, 5.41) is 17.5. The molecule has 0 saturated heterocycles. The minimum Gasteiger partial charge on any atom is -0.489 e. The molecule has 39 heavy (non-hydrogen) atoms. The van der Waals surface area contributed by atoms with Crippen LogP contribution in [0.4, 0.5) is 5.69 Å². The maximum absolute atomic E-state index is 13.0. The molecule has 0 fully saturated rings. The number of carbonyl (C=O) groups excluding carboxylic acids is 1. The first-order valence-corrected chi connectivity index (χ1v) is 12.5. The van der Waals surface area contributed by atoms with Crippen LogP contribution >= 0.6 is 0 Å². The number of hydrogen-bond acceptors (Lipinski definition) is 4. The number of benzene rings is 4. The molecule has 0 bridgehead atoms. The van der Waals surface area contributed by atoms with E-state index in [1.54, 1.807) is 10.8 Å². The molecule has 1 amide bonds. The highest BCUT2D eigenvalue weighted by molar-refractivity contribution is 6.10. The van der Waals surface area contributed by atoms with Crippen LogP contribution in [0.1, 0.15) is 16.7 Å². The molecule has 5 rings (SSSR count). The topological polar surface area (TPSA) is 79.9 Å². The number of anilines is 1. The molecule has 5 aromatic rings. The summed E-state index contributed by atoms with van der Waals surface area (Å²) in [5.74, 6) is 0.206. The summed E-state index contributed by atoms with van der Waals surface area (Å²) in [4.78, 5) is 13.0. The SMILES string of the molecule is Cc1ccc(NC(=O)/C(C#N)=C\c2cn(-c3ccccc3)nc2-c2cccc(OCc3ccccc3)c2)cc1. The number of nitrogens with zero attached hydrogens (tertiary/aromatic N) is 3. The molecule has 1 aromatic heterocycles. The molecule has 0 spiro atoms. The van der Waals surface area contributed by atoms with Crippen molar-refractivity contribution < 1.29 is 9.53 Å². The monoisotopic (exact) mass is 510 g/mol. The number of aromatic nitrogens is 2. The van der Waals surface area contributed by atoms with Gasteiger partial charge in [-0.05, 0) is 55.0 Å². The lowest BCUT2D eigenvalue weighted by Gasteiger charge is -2.08. The molecule has 0 saturated carbocycles. The maximum atomic E-state index is 13.0. The van der Waals surface area contributed by atoms with Crippen molar-refractivity contribution in [2.24, 2.45) is 0 Å². The van der Waals surface area contributed by atoms with Crippen LogP contribution in [0.25, 0.3) is 23.0 Å². The second-order valence-corrected chi connectivity index (χ2v) is 9.01. The fraction of sp³-hybridized carbons (Fsp3) is 0.0606. The summed E-state index contributed by atoms with van der Waals surface area (Å²) in [6, 6.07) is 36.7. The number of aryl methyl sites for hydroxylation is 1. The van der Waals surface area contributed by atoms with Crippen molar-refractivity contribution in [2.75, 3.05) is 5.32 Å². The van der Waals surface area contributed by atoms with E-state index >= 15 is 0 Å². The molecule has 6 nitrogen and oxygen atoms in total. The Morgan fingerprint density at radius 3 is 2.38 bits per heavy atom. The predicted octanol–water partition coefficient (Wildman–Crippen LogP) is 6.97. The van der Waals surface area contributed by atoms with E-state index in [2.05, 4.69) is 5.32 Å². The quantitative estimate of drug-likeness (QED) is 0.181. The minimum absolute atomic E-state index is 0.0269. The highest BCUT2D eigenvalue weighted by Gasteiger charge is 2.16. The molecular formula is C33H26N4O2. The van der Waals surface area contributed by atoms with E-state index in [9.17, 15) is 10.1 Å². The molecule has 0 atom stereocenters. The Morgan fingerprint density at radius 1 is 0.949 bits per heavy atom. The Morgan fingerprint density at radius 2 is 1.67 bits per heavy atom. The first kappa shape index (κ1) is 25.2. The Labute approximate surface area is 227 Å². The lowest BCUT2D eigenvalue weighted by Crippen LogP contribution is -2.13. The van der Waals surface area contributed by atoms with Gasteiger partial charge in [-0.1, -0.05) is 78.4 Å². The van der Waals surface area contributed by atoms with Crippen molar-refractivity contribution >= 4 is 17.7 Å². The normalized spacial score (nSPS) is 11.0. The van der Waals surface area contributed by atoms with Crippen LogP contribution in [-0.4, -0.2) is 15.7 Å². The number of rotatable bonds is 8.